The predicted molar refractivity (Wildman–Crippen MR) is 103 cm³/mol. The van der Waals surface area contributed by atoms with Crippen molar-refractivity contribution in [3.8, 4) is 0 Å². The lowest BCUT2D eigenvalue weighted by Gasteiger charge is -2.48. The molecule has 8 atom stereocenters. The number of amides is 2. The maximum Gasteiger partial charge on any atom is 0.326 e. The number of carbonyl (C=O) groups is 3. The zero-order valence-corrected chi connectivity index (χ0v) is 17.4. The highest BCUT2D eigenvalue weighted by Gasteiger charge is 2.71. The Balaban J connectivity index is 1.59. The molecule has 7 nitrogen and oxygen atoms in total. The molecule has 3 heterocycles. The van der Waals surface area contributed by atoms with E-state index < -0.39 is 23.8 Å². The molecule has 1 aromatic rings. The molecule has 2 amide bonds. The molecule has 2 N–H and O–H groups in total. The number of aromatic amines is 1. The second-order valence-corrected chi connectivity index (χ2v) is 10.9. The molecule has 5 rings (SSSR count). The van der Waals surface area contributed by atoms with Gasteiger partial charge in [-0.2, -0.15) is 0 Å². The number of H-pyrrole nitrogens is 1. The summed E-state index contributed by atoms with van der Waals surface area (Å²) in [6.07, 6.45) is 1.69. The second-order valence-electron chi connectivity index (χ2n) is 8.73. The minimum atomic E-state index is -1.15. The fourth-order valence-electron chi connectivity index (χ4n) is 6.41. The zero-order valence-electron chi connectivity index (χ0n) is 15.8. The summed E-state index contributed by atoms with van der Waals surface area (Å²) in [5.41, 5.74) is -0.214. The van der Waals surface area contributed by atoms with Crippen LogP contribution in [0.25, 0.3) is 0 Å². The van der Waals surface area contributed by atoms with E-state index in [1.165, 1.54) is 18.3 Å². The maximum absolute atomic E-state index is 13.1. The highest BCUT2D eigenvalue weighted by Crippen LogP contribution is 2.69. The van der Waals surface area contributed by atoms with Crippen LogP contribution >= 0.6 is 23.1 Å². The summed E-state index contributed by atoms with van der Waals surface area (Å²) in [6, 6.07) is -1.13. The molecule has 0 radical (unpaired) electrons. The first kappa shape index (κ1) is 18.4. The highest BCUT2D eigenvalue weighted by atomic mass is 32.2. The molecule has 28 heavy (non-hydrogen) atoms. The molecule has 1 saturated heterocycles. The molecule has 2 aliphatic carbocycles. The average molecular weight is 423 g/mol. The van der Waals surface area contributed by atoms with Crippen molar-refractivity contribution in [1.82, 2.24) is 9.88 Å². The molecule has 2 aliphatic heterocycles. The molecule has 0 unspecified atom stereocenters. The average Bonchev–Trinajstić information content (AvgIpc) is 3.36. The van der Waals surface area contributed by atoms with E-state index in [0.717, 1.165) is 27.6 Å². The molecular weight excluding hydrogens is 400 g/mol. The van der Waals surface area contributed by atoms with Gasteiger partial charge in [-0.15, -0.1) is 11.8 Å². The Bertz CT molecular complexity index is 970. The van der Waals surface area contributed by atoms with E-state index in [-0.39, 0.29) is 45.1 Å². The Morgan fingerprint density at radius 3 is 2.54 bits per heavy atom. The smallest absolute Gasteiger partial charge is 0.326 e. The molecule has 4 aliphatic rings. The molecule has 2 bridgehead atoms. The van der Waals surface area contributed by atoms with Gasteiger partial charge in [-0.25, -0.2) is 4.79 Å². The summed E-state index contributed by atoms with van der Waals surface area (Å²) in [4.78, 5) is 54.6. The third-order valence-electron chi connectivity index (χ3n) is 7.74. The van der Waals surface area contributed by atoms with Crippen LogP contribution in [0.4, 0.5) is 0 Å². The molecular formula is C19H22N2O5S2. The van der Waals surface area contributed by atoms with E-state index in [1.54, 1.807) is 11.8 Å². The Morgan fingerprint density at radius 1 is 1.29 bits per heavy atom. The minimum absolute atomic E-state index is 0.0508. The van der Waals surface area contributed by atoms with Gasteiger partial charge < -0.3 is 10.1 Å². The van der Waals surface area contributed by atoms with Crippen molar-refractivity contribution in [1.29, 1.82) is 0 Å². The number of hydrogen-bond acceptors (Lipinski definition) is 6. The number of aromatic nitrogens is 1. The van der Waals surface area contributed by atoms with Crippen LogP contribution in [0.5, 0.6) is 0 Å². The number of thiazole rings is 1. The van der Waals surface area contributed by atoms with Crippen molar-refractivity contribution >= 4 is 40.9 Å². The standard InChI is InChI=1S/C19H22N2O5S2/c1-4-19(3)11-7-5-8(12(11)27-14-13(19)28-18(26)20-14)10-9(7)15(22)21(16(10)23)6(2)17(24)25/h6-12H,4-5H2,1-3H3,(H,20,26)(H,24,25)/t6-,7-,8-,9+,10+,11-,12+,19+/m0/s1. The summed E-state index contributed by atoms with van der Waals surface area (Å²) >= 11 is 2.92. The quantitative estimate of drug-likeness (QED) is 0.721. The van der Waals surface area contributed by atoms with Gasteiger partial charge in [0.05, 0.1) is 16.9 Å². The van der Waals surface area contributed by atoms with Crippen LogP contribution in [0.15, 0.2) is 9.82 Å². The number of aliphatic carboxylic acids is 1. The number of rotatable bonds is 3. The molecule has 9 heteroatoms. The fraction of sp³-hybridized carbons (Fsp3) is 0.684. The van der Waals surface area contributed by atoms with Gasteiger partial charge in [0.2, 0.25) is 11.8 Å². The largest absolute Gasteiger partial charge is 0.480 e. The molecule has 2 saturated carbocycles. The van der Waals surface area contributed by atoms with Crippen molar-refractivity contribution in [2.75, 3.05) is 0 Å². The number of imide groups is 1. The van der Waals surface area contributed by atoms with E-state index in [1.807, 2.05) is 0 Å². The van der Waals surface area contributed by atoms with Crippen LogP contribution in [-0.2, 0) is 19.8 Å². The molecule has 150 valence electrons. The maximum atomic E-state index is 13.1. The van der Waals surface area contributed by atoms with Crippen LogP contribution in [0.3, 0.4) is 0 Å². The van der Waals surface area contributed by atoms with Gasteiger partial charge in [0.1, 0.15) is 6.04 Å². The van der Waals surface area contributed by atoms with Gasteiger partial charge in [0.15, 0.2) is 0 Å². The Hall–Kier alpha value is -1.61. The van der Waals surface area contributed by atoms with Gasteiger partial charge in [-0.1, -0.05) is 25.2 Å². The number of carboxylic acid groups (broad SMARTS) is 1. The lowest BCUT2D eigenvalue weighted by atomic mass is 9.62. The first-order valence-corrected chi connectivity index (χ1v) is 11.4. The van der Waals surface area contributed by atoms with E-state index in [4.69, 9.17) is 0 Å². The number of nitrogens with one attached hydrogen (secondary N) is 1. The predicted octanol–water partition coefficient (Wildman–Crippen LogP) is 1.92. The van der Waals surface area contributed by atoms with E-state index >= 15 is 0 Å². The number of carboxylic acids is 1. The van der Waals surface area contributed by atoms with Gasteiger partial charge in [0, 0.05) is 15.5 Å². The minimum Gasteiger partial charge on any atom is -0.480 e. The number of fused-ring (bicyclic) bond motifs is 9. The van der Waals surface area contributed by atoms with E-state index in [0.29, 0.717) is 0 Å². The number of carbonyl (C=O) groups excluding carboxylic acids is 2. The topological polar surface area (TPSA) is 108 Å². The van der Waals surface area contributed by atoms with E-state index in [9.17, 15) is 24.3 Å². The van der Waals surface area contributed by atoms with Crippen molar-refractivity contribution in [3.63, 3.8) is 0 Å². The highest BCUT2D eigenvalue weighted by molar-refractivity contribution is 8.00. The number of hydrogen-bond donors (Lipinski definition) is 2. The van der Waals surface area contributed by atoms with Crippen LogP contribution in [0, 0.1) is 29.6 Å². The van der Waals surface area contributed by atoms with Crippen LogP contribution in [0.2, 0.25) is 0 Å². The third-order valence-corrected chi connectivity index (χ3v) is 10.5. The van der Waals surface area contributed by atoms with Gasteiger partial charge in [-0.05, 0) is 37.5 Å². The Labute approximate surface area is 169 Å². The number of nitrogens with zero attached hydrogens (tertiary/aromatic N) is 1. The lowest BCUT2D eigenvalue weighted by molar-refractivity contribution is -0.154. The lowest BCUT2D eigenvalue weighted by Crippen LogP contribution is -2.49. The van der Waals surface area contributed by atoms with Crippen molar-refractivity contribution < 1.29 is 19.5 Å². The SMILES string of the molecule is CC[C@@]1(C)c2sc(=O)[nH]c2S[C@@H]2[C@H]3C[C@@H]([C@H]4C(=O)N([C@@H](C)C(=O)O)C(=O)[C@H]34)[C@@H]21. The molecule has 0 spiro atoms. The summed E-state index contributed by atoms with van der Waals surface area (Å²) in [6.45, 7) is 5.70. The van der Waals surface area contributed by atoms with Crippen LogP contribution in [0.1, 0.15) is 38.5 Å². The van der Waals surface area contributed by atoms with Crippen molar-refractivity contribution in [2.24, 2.45) is 29.6 Å². The van der Waals surface area contributed by atoms with E-state index in [2.05, 4.69) is 18.8 Å². The third kappa shape index (κ3) is 2.01. The Morgan fingerprint density at radius 2 is 1.93 bits per heavy atom. The molecule has 0 aromatic carbocycles. The van der Waals surface area contributed by atoms with Gasteiger partial charge >= 0.3 is 10.8 Å². The summed E-state index contributed by atoms with van der Waals surface area (Å²) in [5.74, 6) is -2.29. The second kappa shape index (κ2) is 5.72. The summed E-state index contributed by atoms with van der Waals surface area (Å²) in [7, 11) is 0. The van der Waals surface area contributed by atoms with Crippen molar-refractivity contribution in [2.45, 2.75) is 55.3 Å². The van der Waals surface area contributed by atoms with Crippen LogP contribution < -0.4 is 4.87 Å². The summed E-state index contributed by atoms with van der Waals surface area (Å²) < 4.78 is 0. The first-order chi connectivity index (χ1) is 13.2. The molecule has 3 fully saturated rings. The van der Waals surface area contributed by atoms with Gasteiger partial charge in [0.25, 0.3) is 0 Å². The number of likely N-dealkylation sites (tertiary alicyclic amines) is 1. The monoisotopic (exact) mass is 422 g/mol. The van der Waals surface area contributed by atoms with Crippen LogP contribution in [-0.4, -0.2) is 44.1 Å². The summed E-state index contributed by atoms with van der Waals surface area (Å²) in [5, 5.41) is 10.4. The Kier molecular flexibility index (Phi) is 3.76. The van der Waals surface area contributed by atoms with Gasteiger partial charge in [-0.3, -0.25) is 19.3 Å². The zero-order chi connectivity index (χ0) is 20.1. The fourth-order valence-corrected chi connectivity index (χ4v) is 9.60. The normalized spacial score (nSPS) is 41.8. The van der Waals surface area contributed by atoms with Crippen molar-refractivity contribution in [3.05, 3.63) is 14.5 Å². The number of thioether (sulfide) groups is 1. The first-order valence-electron chi connectivity index (χ1n) is 9.70. The molecule has 1 aromatic heterocycles.